The quantitative estimate of drug-likeness (QED) is 0.214. The van der Waals surface area contributed by atoms with Gasteiger partial charge in [0, 0.05) is 60.1 Å². The Kier molecular flexibility index (Phi) is 8.02. The maximum atomic E-state index is 14.0. The number of hydrogen-bond acceptors (Lipinski definition) is 6. The fourth-order valence-corrected chi connectivity index (χ4v) is 8.88. The van der Waals surface area contributed by atoms with E-state index in [1.165, 1.54) is 12.5 Å². The number of phenolic OH excluding ortho intramolecular Hbond substituents is 1. The fourth-order valence-electron chi connectivity index (χ4n) is 8.88. The molecule has 0 radical (unpaired) electrons. The Hall–Kier alpha value is -4.28. The maximum Gasteiger partial charge on any atom is 0.308 e. The average molecular weight is 619 g/mol. The lowest BCUT2D eigenvalue weighted by molar-refractivity contribution is -0.137. The first-order valence-corrected chi connectivity index (χ1v) is 16.7. The van der Waals surface area contributed by atoms with Crippen molar-refractivity contribution in [2.75, 3.05) is 19.6 Å². The highest BCUT2D eigenvalue weighted by Gasteiger charge is 2.67. The van der Waals surface area contributed by atoms with Crippen LogP contribution in [-0.2, 0) is 27.8 Å². The molecule has 7 heteroatoms. The second-order valence-corrected chi connectivity index (χ2v) is 13.8. The molecule has 2 heterocycles. The van der Waals surface area contributed by atoms with Gasteiger partial charge in [-0.3, -0.25) is 14.5 Å². The SMILES string of the molecule is CC(=O)Oc1cc(O)c2c3c1O[C@H]1[C@H](N(CC(C)C)C(=O)C#Cc4ccccc4)CC[C@H]4[C@@H](C2)N(CCc2ccccc2)CC[C@@]341. The molecule has 7 rings (SSSR count). The Morgan fingerprint density at radius 3 is 2.57 bits per heavy atom. The molecule has 3 aromatic carbocycles. The van der Waals surface area contributed by atoms with Crippen LogP contribution in [0.25, 0.3) is 0 Å². The van der Waals surface area contributed by atoms with E-state index in [4.69, 9.17) is 9.47 Å². The van der Waals surface area contributed by atoms with Crippen molar-refractivity contribution < 1.29 is 24.2 Å². The first kappa shape index (κ1) is 30.4. The number of carbonyl (C=O) groups excluding carboxylic acids is 2. The van der Waals surface area contributed by atoms with Crippen LogP contribution in [0.2, 0.25) is 0 Å². The summed E-state index contributed by atoms with van der Waals surface area (Å²) in [5.74, 6) is 6.85. The number of likely N-dealkylation sites (tertiary alicyclic amines) is 1. The molecule has 2 fully saturated rings. The highest BCUT2D eigenvalue weighted by atomic mass is 16.6. The molecule has 7 nitrogen and oxygen atoms in total. The van der Waals surface area contributed by atoms with Crippen molar-refractivity contribution >= 4 is 11.9 Å². The van der Waals surface area contributed by atoms with Crippen LogP contribution < -0.4 is 9.47 Å². The molecule has 1 saturated heterocycles. The van der Waals surface area contributed by atoms with Gasteiger partial charge >= 0.3 is 5.97 Å². The minimum absolute atomic E-state index is 0.151. The third-order valence-corrected chi connectivity index (χ3v) is 10.6. The van der Waals surface area contributed by atoms with Gasteiger partial charge in [-0.2, -0.15) is 0 Å². The summed E-state index contributed by atoms with van der Waals surface area (Å²) in [6.07, 6.45) is 3.91. The Labute approximate surface area is 271 Å². The van der Waals surface area contributed by atoms with Crippen molar-refractivity contribution in [3.8, 4) is 29.1 Å². The van der Waals surface area contributed by atoms with Gasteiger partial charge < -0.3 is 19.5 Å². The third-order valence-electron chi connectivity index (χ3n) is 10.6. The molecule has 3 aromatic rings. The number of aromatic hydroxyl groups is 1. The number of hydrogen-bond donors (Lipinski definition) is 1. The Bertz CT molecular complexity index is 1690. The summed E-state index contributed by atoms with van der Waals surface area (Å²) in [5.41, 5.74) is 3.60. The van der Waals surface area contributed by atoms with Crippen LogP contribution in [0.15, 0.2) is 66.7 Å². The topological polar surface area (TPSA) is 79.3 Å². The lowest BCUT2D eigenvalue weighted by atomic mass is 9.50. The lowest BCUT2D eigenvalue weighted by Crippen LogP contribution is -2.69. The summed E-state index contributed by atoms with van der Waals surface area (Å²) in [6, 6.07) is 21.8. The summed E-state index contributed by atoms with van der Waals surface area (Å²) in [5, 5.41) is 11.4. The highest BCUT2D eigenvalue weighted by Crippen LogP contribution is 2.65. The molecular weight excluding hydrogens is 576 g/mol. The normalized spacial score (nSPS) is 25.6. The molecule has 1 amide bonds. The van der Waals surface area contributed by atoms with Gasteiger partial charge in [0.1, 0.15) is 11.9 Å². The van der Waals surface area contributed by atoms with Crippen LogP contribution in [0.4, 0.5) is 0 Å². The van der Waals surface area contributed by atoms with E-state index in [9.17, 15) is 14.7 Å². The molecule has 4 aliphatic rings. The van der Waals surface area contributed by atoms with E-state index in [-0.39, 0.29) is 47.4 Å². The predicted molar refractivity (Wildman–Crippen MR) is 176 cm³/mol. The summed E-state index contributed by atoms with van der Waals surface area (Å²) in [7, 11) is 0. The maximum absolute atomic E-state index is 14.0. The number of esters is 1. The minimum atomic E-state index is -0.461. The Balaban J connectivity index is 1.28. The van der Waals surface area contributed by atoms with Gasteiger partial charge in [0.15, 0.2) is 11.5 Å². The van der Waals surface area contributed by atoms with Crippen molar-refractivity contribution in [1.29, 1.82) is 0 Å². The first-order chi connectivity index (χ1) is 22.3. The zero-order valence-electron chi connectivity index (χ0n) is 26.9. The molecule has 2 bridgehead atoms. The van der Waals surface area contributed by atoms with Crippen LogP contribution in [0.3, 0.4) is 0 Å². The van der Waals surface area contributed by atoms with Gasteiger partial charge in [0.05, 0.1) is 6.04 Å². The predicted octanol–water partition coefficient (Wildman–Crippen LogP) is 5.50. The number of phenols is 1. The van der Waals surface area contributed by atoms with Crippen LogP contribution in [0.5, 0.6) is 17.2 Å². The molecule has 46 heavy (non-hydrogen) atoms. The molecule has 238 valence electrons. The molecule has 0 unspecified atom stereocenters. The highest BCUT2D eigenvalue weighted by molar-refractivity contribution is 5.94. The minimum Gasteiger partial charge on any atom is -0.508 e. The standard InChI is InChI=1S/C39H42N2O5/c1-25(2)24-41(35(44)17-14-27-10-6-4-7-11-27)31-16-15-30-32-22-29-33(43)23-34(45-26(3)42)37-36(29)39(30,38(31)46-37)19-21-40(32)20-18-28-12-8-5-9-13-28/h4-13,23,25,30-32,38,43H,15-16,18-22,24H2,1-3H3/t30-,31+,32+,38-,39-/m0/s1. The number of piperidine rings is 1. The van der Waals surface area contributed by atoms with Gasteiger partial charge in [-0.05, 0) is 68.2 Å². The number of ether oxygens (including phenoxy) is 2. The molecule has 5 atom stereocenters. The van der Waals surface area contributed by atoms with Gasteiger partial charge in [-0.15, -0.1) is 0 Å². The molecular formula is C39H42N2O5. The summed E-state index contributed by atoms with van der Waals surface area (Å²) in [6.45, 7) is 8.00. The number of rotatable bonds is 7. The van der Waals surface area contributed by atoms with Crippen molar-refractivity contribution in [2.24, 2.45) is 11.8 Å². The van der Waals surface area contributed by atoms with Gasteiger partial charge in [0.2, 0.25) is 0 Å². The van der Waals surface area contributed by atoms with E-state index < -0.39 is 11.4 Å². The van der Waals surface area contributed by atoms with Crippen LogP contribution in [-0.4, -0.2) is 64.6 Å². The molecule has 2 aliphatic carbocycles. The third kappa shape index (κ3) is 5.23. The van der Waals surface area contributed by atoms with Crippen molar-refractivity contribution in [3.05, 3.63) is 89.0 Å². The average Bonchev–Trinajstić information content (AvgIpc) is 3.39. The smallest absolute Gasteiger partial charge is 0.308 e. The van der Waals surface area contributed by atoms with Crippen molar-refractivity contribution in [2.45, 2.75) is 76.5 Å². The number of amides is 1. The van der Waals surface area contributed by atoms with Gasteiger partial charge in [-0.1, -0.05) is 68.3 Å². The second kappa shape index (κ2) is 12.1. The zero-order valence-corrected chi connectivity index (χ0v) is 26.9. The van der Waals surface area contributed by atoms with Gasteiger partial charge in [0.25, 0.3) is 5.91 Å². The summed E-state index contributed by atoms with van der Waals surface area (Å²) >= 11 is 0. The van der Waals surface area contributed by atoms with E-state index >= 15 is 0 Å². The van der Waals surface area contributed by atoms with E-state index in [1.54, 1.807) is 6.07 Å². The largest absolute Gasteiger partial charge is 0.508 e. The Morgan fingerprint density at radius 2 is 1.85 bits per heavy atom. The molecule has 1 spiro atoms. The molecule has 1 N–H and O–H groups in total. The van der Waals surface area contributed by atoms with E-state index in [2.05, 4.69) is 60.9 Å². The van der Waals surface area contributed by atoms with E-state index in [1.807, 2.05) is 35.2 Å². The van der Waals surface area contributed by atoms with E-state index in [0.717, 1.165) is 55.5 Å². The lowest BCUT2D eigenvalue weighted by Gasteiger charge is -2.60. The second-order valence-electron chi connectivity index (χ2n) is 13.8. The van der Waals surface area contributed by atoms with E-state index in [0.29, 0.717) is 18.7 Å². The number of benzene rings is 3. The van der Waals surface area contributed by atoms with Crippen LogP contribution in [0, 0.1) is 23.7 Å². The van der Waals surface area contributed by atoms with Crippen LogP contribution in [0.1, 0.15) is 62.3 Å². The summed E-state index contributed by atoms with van der Waals surface area (Å²) in [4.78, 5) is 30.7. The summed E-state index contributed by atoms with van der Waals surface area (Å²) < 4.78 is 12.6. The molecule has 2 aliphatic heterocycles. The Morgan fingerprint density at radius 1 is 1.11 bits per heavy atom. The van der Waals surface area contributed by atoms with Crippen LogP contribution >= 0.6 is 0 Å². The zero-order chi connectivity index (χ0) is 32.0. The first-order valence-electron chi connectivity index (χ1n) is 16.7. The molecule has 0 aromatic heterocycles. The number of nitrogens with zero attached hydrogens (tertiary/aromatic N) is 2. The van der Waals surface area contributed by atoms with Gasteiger partial charge in [-0.25, -0.2) is 0 Å². The molecule has 1 saturated carbocycles. The number of carbonyl (C=O) groups is 2. The monoisotopic (exact) mass is 618 g/mol. The van der Waals surface area contributed by atoms with Crippen molar-refractivity contribution in [3.63, 3.8) is 0 Å². The fraction of sp³-hybridized carbons (Fsp3) is 0.436. The van der Waals surface area contributed by atoms with Crippen molar-refractivity contribution in [1.82, 2.24) is 9.80 Å².